The zero-order valence-corrected chi connectivity index (χ0v) is 8.83. The van der Waals surface area contributed by atoms with E-state index < -0.39 is 0 Å². The lowest BCUT2D eigenvalue weighted by Gasteiger charge is -2.07. The molecule has 14 heavy (non-hydrogen) atoms. The molecule has 0 saturated carbocycles. The van der Waals surface area contributed by atoms with Gasteiger partial charge in [-0.1, -0.05) is 13.3 Å². The van der Waals surface area contributed by atoms with Gasteiger partial charge in [0.15, 0.2) is 0 Å². The van der Waals surface area contributed by atoms with Gasteiger partial charge < -0.3 is 5.32 Å². The predicted octanol–water partition coefficient (Wildman–Crippen LogP) is 2.34. The van der Waals surface area contributed by atoms with Crippen LogP contribution in [0.5, 0.6) is 0 Å². The number of aliphatic imine (C=N–C) groups is 1. The van der Waals surface area contributed by atoms with Gasteiger partial charge in [-0.25, -0.2) is 0 Å². The second kappa shape index (κ2) is 6.13. The fourth-order valence-corrected chi connectivity index (χ4v) is 1.19. The molecule has 1 aromatic rings. The lowest BCUT2D eigenvalue weighted by atomic mass is 10.3. The van der Waals surface area contributed by atoms with Gasteiger partial charge in [0, 0.05) is 26.0 Å². The van der Waals surface area contributed by atoms with E-state index in [1.165, 1.54) is 12.8 Å². The molecular weight excluding hydrogens is 174 g/mol. The summed E-state index contributed by atoms with van der Waals surface area (Å²) in [6, 6.07) is 3.96. The zero-order valence-electron chi connectivity index (χ0n) is 8.83. The van der Waals surface area contributed by atoms with Crippen LogP contribution in [-0.4, -0.2) is 24.8 Å². The lowest BCUT2D eigenvalue weighted by Crippen LogP contribution is -2.04. The molecule has 1 N–H and O–H groups in total. The van der Waals surface area contributed by atoms with Gasteiger partial charge in [-0.2, -0.15) is 0 Å². The van der Waals surface area contributed by atoms with Gasteiger partial charge in [-0.15, -0.1) is 0 Å². The van der Waals surface area contributed by atoms with Crippen LogP contribution in [0.3, 0.4) is 0 Å². The largest absolute Gasteiger partial charge is 0.383 e. The monoisotopic (exact) mass is 191 g/mol. The molecule has 0 amide bonds. The molecule has 76 valence electrons. The maximum absolute atomic E-state index is 4.24. The van der Waals surface area contributed by atoms with Crippen molar-refractivity contribution >= 4 is 11.9 Å². The molecule has 0 radical (unpaired) electrons. The number of hydrogen-bond donors (Lipinski definition) is 1. The highest BCUT2D eigenvalue weighted by atomic mass is 14.9. The van der Waals surface area contributed by atoms with Gasteiger partial charge >= 0.3 is 0 Å². The third kappa shape index (κ3) is 3.17. The molecule has 0 atom stereocenters. The third-order valence-electron chi connectivity index (χ3n) is 1.94. The Labute approximate surface area is 85.3 Å². The number of nitrogens with zero attached hydrogens (tertiary/aromatic N) is 2. The summed E-state index contributed by atoms with van der Waals surface area (Å²) in [5.41, 5.74) is 1.97. The first kappa shape index (κ1) is 10.7. The fourth-order valence-electron chi connectivity index (χ4n) is 1.19. The summed E-state index contributed by atoms with van der Waals surface area (Å²) in [6.07, 6.45) is 5.93. The molecule has 0 bridgehead atoms. The Morgan fingerprint density at radius 3 is 3.14 bits per heavy atom. The van der Waals surface area contributed by atoms with Gasteiger partial charge in [0.1, 0.15) is 5.69 Å². The van der Waals surface area contributed by atoms with Crippen molar-refractivity contribution in [3.05, 3.63) is 24.0 Å². The zero-order chi connectivity index (χ0) is 10.2. The van der Waals surface area contributed by atoms with Crippen molar-refractivity contribution in [1.29, 1.82) is 0 Å². The number of nitrogens with one attached hydrogen (secondary N) is 1. The second-order valence-corrected chi connectivity index (χ2v) is 3.10. The van der Waals surface area contributed by atoms with Crippen molar-refractivity contribution in [1.82, 2.24) is 4.98 Å². The number of aromatic nitrogens is 1. The normalized spacial score (nSPS) is 10.7. The highest BCUT2D eigenvalue weighted by Gasteiger charge is 1.98. The van der Waals surface area contributed by atoms with E-state index >= 15 is 0 Å². The maximum atomic E-state index is 4.24. The van der Waals surface area contributed by atoms with Crippen LogP contribution in [0.4, 0.5) is 5.69 Å². The van der Waals surface area contributed by atoms with Crippen molar-refractivity contribution in [3.8, 4) is 0 Å². The molecule has 0 aromatic carbocycles. The van der Waals surface area contributed by atoms with Gasteiger partial charge in [0.2, 0.25) is 0 Å². The van der Waals surface area contributed by atoms with Crippen LogP contribution in [0, 0.1) is 0 Å². The van der Waals surface area contributed by atoms with Gasteiger partial charge in [-0.05, 0) is 18.6 Å². The summed E-state index contributed by atoms with van der Waals surface area (Å²) in [6.45, 7) is 3.17. The number of hydrogen-bond acceptors (Lipinski definition) is 3. The van der Waals surface area contributed by atoms with Crippen molar-refractivity contribution in [2.24, 2.45) is 4.99 Å². The van der Waals surface area contributed by atoms with Crippen molar-refractivity contribution < 1.29 is 0 Å². The number of anilines is 1. The Kier molecular flexibility index (Phi) is 4.69. The molecule has 1 rings (SSSR count). The first-order valence-electron chi connectivity index (χ1n) is 4.99. The standard InChI is InChI=1S/C11H17N3/c1-3-4-7-13-10-6-5-8-14-11(10)9-12-2/h5-6,8-9,13H,3-4,7H2,1-2H3. The van der Waals surface area contributed by atoms with Crippen LogP contribution in [0.25, 0.3) is 0 Å². The first-order chi connectivity index (χ1) is 6.88. The predicted molar refractivity (Wildman–Crippen MR) is 61.2 cm³/mol. The SMILES string of the molecule is CCCCNc1cccnc1C=NC. The van der Waals surface area contributed by atoms with E-state index in [0.717, 1.165) is 17.9 Å². The fraction of sp³-hybridized carbons (Fsp3) is 0.455. The minimum Gasteiger partial charge on any atom is -0.383 e. The molecule has 0 aliphatic carbocycles. The summed E-state index contributed by atoms with van der Waals surface area (Å²) in [4.78, 5) is 8.20. The molecular formula is C11H17N3. The van der Waals surface area contributed by atoms with E-state index in [1.807, 2.05) is 12.1 Å². The summed E-state index contributed by atoms with van der Waals surface area (Å²) in [5, 5.41) is 3.35. The van der Waals surface area contributed by atoms with Crippen LogP contribution in [0.15, 0.2) is 23.3 Å². The van der Waals surface area contributed by atoms with Crippen molar-refractivity contribution in [2.45, 2.75) is 19.8 Å². The molecule has 0 aliphatic rings. The summed E-state index contributed by atoms with van der Waals surface area (Å²) < 4.78 is 0. The highest BCUT2D eigenvalue weighted by molar-refractivity contribution is 5.84. The highest BCUT2D eigenvalue weighted by Crippen LogP contribution is 2.09. The molecule has 0 aliphatic heterocycles. The molecule has 0 spiro atoms. The number of unbranched alkanes of at least 4 members (excludes halogenated alkanes) is 1. The average Bonchev–Trinajstić information content (AvgIpc) is 2.21. The lowest BCUT2D eigenvalue weighted by molar-refractivity contribution is 0.833. The van der Waals surface area contributed by atoms with Crippen molar-refractivity contribution in [2.75, 3.05) is 18.9 Å². The van der Waals surface area contributed by atoms with E-state index in [1.54, 1.807) is 19.5 Å². The summed E-state index contributed by atoms with van der Waals surface area (Å²) in [5.74, 6) is 0. The van der Waals surface area contributed by atoms with Crippen LogP contribution in [0.2, 0.25) is 0 Å². The maximum Gasteiger partial charge on any atom is 0.104 e. The smallest absolute Gasteiger partial charge is 0.104 e. The van der Waals surface area contributed by atoms with Gasteiger partial charge in [0.25, 0.3) is 0 Å². The molecule has 3 nitrogen and oxygen atoms in total. The Morgan fingerprint density at radius 1 is 1.57 bits per heavy atom. The van der Waals surface area contributed by atoms with Crippen molar-refractivity contribution in [3.63, 3.8) is 0 Å². The van der Waals surface area contributed by atoms with E-state index in [4.69, 9.17) is 0 Å². The van der Waals surface area contributed by atoms with E-state index in [0.29, 0.717) is 0 Å². The van der Waals surface area contributed by atoms with Crippen LogP contribution < -0.4 is 5.32 Å². The van der Waals surface area contributed by atoms with Crippen LogP contribution >= 0.6 is 0 Å². The van der Waals surface area contributed by atoms with Gasteiger partial charge in [0.05, 0.1) is 5.69 Å². The van der Waals surface area contributed by atoms with Crippen LogP contribution in [0.1, 0.15) is 25.5 Å². The minimum absolute atomic E-state index is 0.908. The molecule has 0 unspecified atom stereocenters. The van der Waals surface area contributed by atoms with Crippen LogP contribution in [-0.2, 0) is 0 Å². The van der Waals surface area contributed by atoms with E-state index in [-0.39, 0.29) is 0 Å². The quantitative estimate of drug-likeness (QED) is 0.573. The molecule has 1 heterocycles. The second-order valence-electron chi connectivity index (χ2n) is 3.10. The Balaban J connectivity index is 2.64. The average molecular weight is 191 g/mol. The molecule has 1 aromatic heterocycles. The minimum atomic E-state index is 0.908. The summed E-state index contributed by atoms with van der Waals surface area (Å²) in [7, 11) is 1.75. The van der Waals surface area contributed by atoms with E-state index in [2.05, 4.69) is 22.2 Å². The molecule has 0 saturated heterocycles. The Bertz CT molecular complexity index is 294. The number of pyridine rings is 1. The first-order valence-corrected chi connectivity index (χ1v) is 4.99. The topological polar surface area (TPSA) is 37.3 Å². The molecule has 0 fully saturated rings. The Morgan fingerprint density at radius 2 is 2.43 bits per heavy atom. The van der Waals surface area contributed by atoms with Gasteiger partial charge in [-0.3, -0.25) is 9.98 Å². The van der Waals surface area contributed by atoms with E-state index in [9.17, 15) is 0 Å². The summed E-state index contributed by atoms with van der Waals surface area (Å²) >= 11 is 0. The third-order valence-corrected chi connectivity index (χ3v) is 1.94. The molecule has 3 heteroatoms. The number of rotatable bonds is 5. The Hall–Kier alpha value is -1.38.